The summed E-state index contributed by atoms with van der Waals surface area (Å²) in [4.78, 5) is 49.0. The number of carbonyl (C=O) groups excluding carboxylic acids is 4. The first-order valence-corrected chi connectivity index (χ1v) is 9.24. The van der Waals surface area contributed by atoms with Crippen LogP contribution in [-0.2, 0) is 33.4 Å². The summed E-state index contributed by atoms with van der Waals surface area (Å²) in [6.45, 7) is 12.7. The minimum Gasteiger partial charge on any atom is -0.458 e. The van der Waals surface area contributed by atoms with Crippen molar-refractivity contribution in [2.75, 3.05) is 0 Å². The third kappa shape index (κ3) is 4.64. The molecule has 1 fully saturated rings. The molecule has 2 aliphatic rings. The standard InChI is InChI=1S/C21H26O8/c1-10(2)19(24)29-18-17(27-13(5)22)16-12(4)20(25)28-14(16)9-11(3)7-8-15(23)21(18,6)26/h7-8,11,14,16-18,26H,1,4,9H2,2-3,5-6H3/b8-7-/t11-,14+,16+,17-,18+,21-/m0/s1. The van der Waals surface area contributed by atoms with Crippen LogP contribution in [0.2, 0.25) is 0 Å². The maximum atomic E-state index is 12.7. The Hall–Kier alpha value is -2.74. The maximum absolute atomic E-state index is 12.7. The van der Waals surface area contributed by atoms with Gasteiger partial charge in [-0.05, 0) is 32.3 Å². The molecule has 1 N–H and O–H groups in total. The Morgan fingerprint density at radius 3 is 2.45 bits per heavy atom. The van der Waals surface area contributed by atoms with Crippen LogP contribution in [0.25, 0.3) is 0 Å². The summed E-state index contributed by atoms with van der Waals surface area (Å²) < 4.78 is 16.2. The lowest BCUT2D eigenvalue weighted by Gasteiger charge is -2.39. The first-order valence-electron chi connectivity index (χ1n) is 9.24. The molecule has 2 rings (SSSR count). The van der Waals surface area contributed by atoms with Gasteiger partial charge in [0, 0.05) is 18.1 Å². The monoisotopic (exact) mass is 406 g/mol. The fraction of sp³-hybridized carbons (Fsp3) is 0.524. The highest BCUT2D eigenvalue weighted by molar-refractivity contribution is 5.98. The Morgan fingerprint density at radius 1 is 1.28 bits per heavy atom. The van der Waals surface area contributed by atoms with E-state index in [0.29, 0.717) is 6.42 Å². The molecule has 29 heavy (non-hydrogen) atoms. The molecule has 0 amide bonds. The Bertz CT molecular complexity index is 791. The van der Waals surface area contributed by atoms with Crippen LogP contribution in [0.1, 0.15) is 34.1 Å². The zero-order chi connectivity index (χ0) is 22.1. The molecule has 0 bridgehead atoms. The van der Waals surface area contributed by atoms with Crippen LogP contribution in [0.4, 0.5) is 0 Å². The zero-order valence-corrected chi connectivity index (χ0v) is 17.0. The molecular formula is C21H26O8. The van der Waals surface area contributed by atoms with Crippen LogP contribution in [0, 0.1) is 11.8 Å². The topological polar surface area (TPSA) is 116 Å². The molecule has 0 spiro atoms. The number of carbonyl (C=O) groups is 4. The average molecular weight is 406 g/mol. The second-order valence-corrected chi connectivity index (χ2v) is 7.76. The SMILES string of the molecule is C=C(C)C(=O)O[C@@H]1[C@@H](OC(C)=O)[C@@H]2C(=C)C(=O)O[C@@H]2C[C@@H](C)/C=C\C(=O)[C@]1(C)O. The third-order valence-electron chi connectivity index (χ3n) is 5.09. The van der Waals surface area contributed by atoms with Crippen molar-refractivity contribution in [3.8, 4) is 0 Å². The predicted octanol–water partition coefficient (Wildman–Crippen LogP) is 1.42. The molecule has 1 aliphatic carbocycles. The molecule has 0 aromatic rings. The molecule has 1 heterocycles. The molecule has 6 atom stereocenters. The van der Waals surface area contributed by atoms with Crippen LogP contribution in [0.3, 0.4) is 0 Å². The number of ketones is 1. The Labute approximate surface area is 169 Å². The van der Waals surface area contributed by atoms with E-state index in [1.54, 1.807) is 6.08 Å². The van der Waals surface area contributed by atoms with Gasteiger partial charge in [0.15, 0.2) is 23.6 Å². The Balaban J connectivity index is 2.67. The van der Waals surface area contributed by atoms with Gasteiger partial charge in [-0.2, -0.15) is 0 Å². The predicted molar refractivity (Wildman–Crippen MR) is 101 cm³/mol. The number of aliphatic hydroxyl groups is 1. The normalized spacial score (nSPS) is 35.9. The van der Waals surface area contributed by atoms with Crippen molar-refractivity contribution in [3.05, 3.63) is 36.5 Å². The summed E-state index contributed by atoms with van der Waals surface area (Å²) in [5.41, 5.74) is -2.22. The van der Waals surface area contributed by atoms with Gasteiger partial charge in [-0.25, -0.2) is 9.59 Å². The van der Waals surface area contributed by atoms with Gasteiger partial charge >= 0.3 is 17.9 Å². The van der Waals surface area contributed by atoms with E-state index in [4.69, 9.17) is 14.2 Å². The van der Waals surface area contributed by atoms with Crippen LogP contribution in [0.5, 0.6) is 0 Å². The largest absolute Gasteiger partial charge is 0.458 e. The van der Waals surface area contributed by atoms with E-state index in [0.717, 1.165) is 13.8 Å². The van der Waals surface area contributed by atoms with Crippen LogP contribution in [0.15, 0.2) is 36.5 Å². The van der Waals surface area contributed by atoms with Crippen LogP contribution >= 0.6 is 0 Å². The molecule has 0 saturated carbocycles. The fourth-order valence-electron chi connectivity index (χ4n) is 3.49. The van der Waals surface area contributed by atoms with E-state index in [2.05, 4.69) is 13.2 Å². The zero-order valence-electron chi connectivity index (χ0n) is 17.0. The number of esters is 3. The quantitative estimate of drug-likeness (QED) is 0.425. The number of hydrogen-bond donors (Lipinski definition) is 1. The van der Waals surface area contributed by atoms with Gasteiger partial charge in [-0.1, -0.05) is 26.2 Å². The van der Waals surface area contributed by atoms with Gasteiger partial charge in [-0.15, -0.1) is 0 Å². The molecule has 158 valence electrons. The van der Waals surface area contributed by atoms with E-state index in [9.17, 15) is 24.3 Å². The van der Waals surface area contributed by atoms with E-state index >= 15 is 0 Å². The average Bonchev–Trinajstić information content (AvgIpc) is 2.88. The summed E-state index contributed by atoms with van der Waals surface area (Å²) in [6.07, 6.45) is -0.665. The minimum atomic E-state index is -2.25. The highest BCUT2D eigenvalue weighted by Crippen LogP contribution is 2.40. The smallest absolute Gasteiger partial charge is 0.334 e. The fourth-order valence-corrected chi connectivity index (χ4v) is 3.49. The van der Waals surface area contributed by atoms with Gasteiger partial charge in [-0.3, -0.25) is 9.59 Å². The number of rotatable bonds is 3. The van der Waals surface area contributed by atoms with Crippen LogP contribution < -0.4 is 0 Å². The molecule has 0 aromatic heterocycles. The maximum Gasteiger partial charge on any atom is 0.334 e. The van der Waals surface area contributed by atoms with E-state index < -0.39 is 53.5 Å². The van der Waals surface area contributed by atoms with Crippen molar-refractivity contribution in [1.29, 1.82) is 0 Å². The minimum absolute atomic E-state index is 0.0117. The molecule has 1 saturated heterocycles. The van der Waals surface area contributed by atoms with Gasteiger partial charge in [0.1, 0.15) is 6.10 Å². The molecule has 0 radical (unpaired) electrons. The number of allylic oxidation sites excluding steroid dienone is 1. The van der Waals surface area contributed by atoms with Gasteiger partial charge < -0.3 is 19.3 Å². The highest BCUT2D eigenvalue weighted by Gasteiger charge is 2.55. The molecule has 1 aliphatic heterocycles. The summed E-state index contributed by atoms with van der Waals surface area (Å²) in [7, 11) is 0. The number of hydrogen-bond acceptors (Lipinski definition) is 8. The highest BCUT2D eigenvalue weighted by atomic mass is 16.6. The van der Waals surface area contributed by atoms with Crippen molar-refractivity contribution >= 4 is 23.7 Å². The van der Waals surface area contributed by atoms with Crippen molar-refractivity contribution in [1.82, 2.24) is 0 Å². The Morgan fingerprint density at radius 2 is 1.90 bits per heavy atom. The molecule has 8 nitrogen and oxygen atoms in total. The van der Waals surface area contributed by atoms with Crippen molar-refractivity contribution in [2.24, 2.45) is 11.8 Å². The van der Waals surface area contributed by atoms with E-state index in [1.165, 1.54) is 13.0 Å². The molecular weight excluding hydrogens is 380 g/mol. The summed E-state index contributed by atoms with van der Waals surface area (Å²) in [5.74, 6) is -4.15. The first kappa shape index (κ1) is 22.5. The van der Waals surface area contributed by atoms with Crippen molar-refractivity contribution in [3.63, 3.8) is 0 Å². The van der Waals surface area contributed by atoms with E-state index in [1.807, 2.05) is 6.92 Å². The third-order valence-corrected chi connectivity index (χ3v) is 5.09. The first-order chi connectivity index (χ1) is 13.4. The van der Waals surface area contributed by atoms with Crippen LogP contribution in [-0.4, -0.2) is 52.7 Å². The lowest BCUT2D eigenvalue weighted by Crippen LogP contribution is -2.58. The molecule has 8 heteroatoms. The Kier molecular flexibility index (Phi) is 6.47. The number of ether oxygens (including phenoxy) is 3. The van der Waals surface area contributed by atoms with E-state index in [-0.39, 0.29) is 17.1 Å². The molecule has 0 unspecified atom stereocenters. The summed E-state index contributed by atoms with van der Waals surface area (Å²) in [5, 5.41) is 11.0. The summed E-state index contributed by atoms with van der Waals surface area (Å²) >= 11 is 0. The lowest BCUT2D eigenvalue weighted by atomic mass is 9.77. The van der Waals surface area contributed by atoms with Crippen molar-refractivity contribution < 1.29 is 38.5 Å². The number of fused-ring (bicyclic) bond motifs is 1. The molecule has 0 aromatic carbocycles. The summed E-state index contributed by atoms with van der Waals surface area (Å²) in [6, 6.07) is 0. The lowest BCUT2D eigenvalue weighted by molar-refractivity contribution is -0.194. The van der Waals surface area contributed by atoms with Crippen molar-refractivity contribution in [2.45, 2.75) is 58.0 Å². The van der Waals surface area contributed by atoms with Gasteiger partial charge in [0.25, 0.3) is 0 Å². The van der Waals surface area contributed by atoms with Gasteiger partial charge in [0.2, 0.25) is 0 Å². The second kappa shape index (κ2) is 8.32. The second-order valence-electron chi connectivity index (χ2n) is 7.76. The van der Waals surface area contributed by atoms with Gasteiger partial charge in [0.05, 0.1) is 5.92 Å².